The molecule has 0 heterocycles. The maximum absolute atomic E-state index is 12.3. The SMILES string of the molecule is CC(C)N(C)S(=O)(=O)N(C)Cc1cccc(CN)c1. The summed E-state index contributed by atoms with van der Waals surface area (Å²) < 4.78 is 27.2. The third kappa shape index (κ3) is 4.01. The van der Waals surface area contributed by atoms with Gasteiger partial charge in [0.25, 0.3) is 10.2 Å². The van der Waals surface area contributed by atoms with Crippen LogP contribution >= 0.6 is 0 Å². The molecular formula is C13H23N3O2S. The van der Waals surface area contributed by atoms with Gasteiger partial charge in [0.15, 0.2) is 0 Å². The van der Waals surface area contributed by atoms with Crippen LogP contribution in [-0.2, 0) is 23.3 Å². The van der Waals surface area contributed by atoms with Crippen molar-refractivity contribution < 1.29 is 8.42 Å². The minimum atomic E-state index is -3.42. The molecule has 2 N–H and O–H groups in total. The van der Waals surface area contributed by atoms with E-state index in [9.17, 15) is 8.42 Å². The molecule has 1 aromatic carbocycles. The van der Waals surface area contributed by atoms with E-state index in [0.717, 1.165) is 11.1 Å². The first-order valence-corrected chi connectivity index (χ1v) is 7.66. The molecule has 0 radical (unpaired) electrons. The molecule has 0 saturated carbocycles. The lowest BCUT2D eigenvalue weighted by atomic mass is 10.1. The maximum atomic E-state index is 12.3. The van der Waals surface area contributed by atoms with E-state index >= 15 is 0 Å². The zero-order valence-electron chi connectivity index (χ0n) is 12.0. The first-order valence-electron chi connectivity index (χ1n) is 6.26. The Morgan fingerprint density at radius 3 is 2.32 bits per heavy atom. The van der Waals surface area contributed by atoms with Gasteiger partial charge in [0.1, 0.15) is 0 Å². The molecule has 0 unspecified atom stereocenters. The lowest BCUT2D eigenvalue weighted by molar-refractivity contribution is 0.355. The number of nitrogens with zero attached hydrogens (tertiary/aromatic N) is 2. The molecule has 108 valence electrons. The fourth-order valence-electron chi connectivity index (χ4n) is 1.68. The van der Waals surface area contributed by atoms with Crippen LogP contribution in [0.5, 0.6) is 0 Å². The summed E-state index contributed by atoms with van der Waals surface area (Å²) in [6.07, 6.45) is 0. The summed E-state index contributed by atoms with van der Waals surface area (Å²) in [5.74, 6) is 0. The summed E-state index contributed by atoms with van der Waals surface area (Å²) >= 11 is 0. The molecule has 0 aliphatic carbocycles. The van der Waals surface area contributed by atoms with Crippen molar-refractivity contribution in [2.75, 3.05) is 14.1 Å². The van der Waals surface area contributed by atoms with Gasteiger partial charge in [-0.15, -0.1) is 0 Å². The van der Waals surface area contributed by atoms with Crippen molar-refractivity contribution in [2.45, 2.75) is 33.0 Å². The van der Waals surface area contributed by atoms with E-state index in [2.05, 4.69) is 0 Å². The molecule has 0 bridgehead atoms. The van der Waals surface area contributed by atoms with E-state index in [1.807, 2.05) is 38.1 Å². The topological polar surface area (TPSA) is 66.6 Å². The lowest BCUT2D eigenvalue weighted by Crippen LogP contribution is -2.42. The molecule has 1 rings (SSSR count). The van der Waals surface area contributed by atoms with Crippen LogP contribution < -0.4 is 5.73 Å². The van der Waals surface area contributed by atoms with Crippen LogP contribution in [0.3, 0.4) is 0 Å². The Hall–Kier alpha value is -0.950. The van der Waals surface area contributed by atoms with Crippen molar-refractivity contribution in [3.8, 4) is 0 Å². The third-order valence-corrected chi connectivity index (χ3v) is 5.18. The molecule has 0 atom stereocenters. The monoisotopic (exact) mass is 285 g/mol. The van der Waals surface area contributed by atoms with Gasteiger partial charge in [0.05, 0.1) is 0 Å². The molecule has 0 amide bonds. The number of benzene rings is 1. The average Bonchev–Trinajstić information content (AvgIpc) is 2.37. The Morgan fingerprint density at radius 1 is 1.21 bits per heavy atom. The van der Waals surface area contributed by atoms with Gasteiger partial charge in [-0.05, 0) is 25.0 Å². The summed E-state index contributed by atoms with van der Waals surface area (Å²) in [5, 5.41) is 0. The maximum Gasteiger partial charge on any atom is 0.282 e. The number of hydrogen-bond acceptors (Lipinski definition) is 3. The van der Waals surface area contributed by atoms with Crippen molar-refractivity contribution in [1.29, 1.82) is 0 Å². The van der Waals surface area contributed by atoms with Gasteiger partial charge in [-0.2, -0.15) is 17.0 Å². The Labute approximate surface area is 116 Å². The van der Waals surface area contributed by atoms with Crippen molar-refractivity contribution >= 4 is 10.2 Å². The second kappa shape index (κ2) is 6.47. The zero-order valence-corrected chi connectivity index (χ0v) is 12.8. The quantitative estimate of drug-likeness (QED) is 0.853. The van der Waals surface area contributed by atoms with Crippen LogP contribution in [-0.4, -0.2) is 37.2 Å². The van der Waals surface area contributed by atoms with E-state index in [1.165, 1.54) is 8.61 Å². The van der Waals surface area contributed by atoms with Gasteiger partial charge in [-0.25, -0.2) is 0 Å². The Morgan fingerprint density at radius 2 is 1.79 bits per heavy atom. The van der Waals surface area contributed by atoms with Crippen LogP contribution in [0.4, 0.5) is 0 Å². The molecule has 0 spiro atoms. The van der Waals surface area contributed by atoms with E-state index in [4.69, 9.17) is 5.73 Å². The highest BCUT2D eigenvalue weighted by atomic mass is 32.2. The minimum absolute atomic E-state index is 0.0668. The van der Waals surface area contributed by atoms with E-state index in [-0.39, 0.29) is 6.04 Å². The number of nitrogens with two attached hydrogens (primary N) is 1. The highest BCUT2D eigenvalue weighted by molar-refractivity contribution is 7.86. The second-order valence-electron chi connectivity index (χ2n) is 4.90. The first kappa shape index (κ1) is 16.1. The van der Waals surface area contributed by atoms with Gasteiger partial charge < -0.3 is 5.73 Å². The van der Waals surface area contributed by atoms with E-state index in [0.29, 0.717) is 13.1 Å². The van der Waals surface area contributed by atoms with Crippen molar-refractivity contribution in [3.63, 3.8) is 0 Å². The third-order valence-electron chi connectivity index (χ3n) is 3.12. The van der Waals surface area contributed by atoms with E-state index in [1.54, 1.807) is 14.1 Å². The second-order valence-corrected chi connectivity index (χ2v) is 6.99. The fraction of sp³-hybridized carbons (Fsp3) is 0.538. The molecule has 1 aromatic rings. The predicted molar refractivity (Wildman–Crippen MR) is 77.6 cm³/mol. The minimum Gasteiger partial charge on any atom is -0.326 e. The Balaban J connectivity index is 2.87. The summed E-state index contributed by atoms with van der Waals surface area (Å²) in [7, 11) is -0.244. The van der Waals surface area contributed by atoms with Gasteiger partial charge >= 0.3 is 0 Å². The van der Waals surface area contributed by atoms with Crippen molar-refractivity contribution in [3.05, 3.63) is 35.4 Å². The molecule has 0 aliphatic rings. The molecule has 19 heavy (non-hydrogen) atoms. The average molecular weight is 285 g/mol. The molecule has 5 nitrogen and oxygen atoms in total. The fourth-order valence-corrected chi connectivity index (χ4v) is 2.96. The summed E-state index contributed by atoms with van der Waals surface area (Å²) in [6, 6.07) is 7.59. The first-order chi connectivity index (χ1) is 8.78. The molecule has 0 aromatic heterocycles. The molecule has 6 heteroatoms. The van der Waals surface area contributed by atoms with Crippen LogP contribution in [0.25, 0.3) is 0 Å². The van der Waals surface area contributed by atoms with Crippen LogP contribution in [0.15, 0.2) is 24.3 Å². The molecular weight excluding hydrogens is 262 g/mol. The summed E-state index contributed by atoms with van der Waals surface area (Å²) in [6.45, 7) is 4.49. The Kier molecular flexibility index (Phi) is 5.49. The van der Waals surface area contributed by atoms with Gasteiger partial charge in [0, 0.05) is 33.2 Å². The molecule has 0 aliphatic heterocycles. The van der Waals surface area contributed by atoms with Crippen molar-refractivity contribution in [1.82, 2.24) is 8.61 Å². The zero-order chi connectivity index (χ0) is 14.6. The highest BCUT2D eigenvalue weighted by Gasteiger charge is 2.25. The predicted octanol–water partition coefficient (Wildman–Crippen LogP) is 1.16. The van der Waals surface area contributed by atoms with Gasteiger partial charge in [0.2, 0.25) is 0 Å². The standard InChI is InChI=1S/C13H23N3O2S/c1-11(2)16(4)19(17,18)15(3)10-13-7-5-6-12(8-13)9-14/h5-8,11H,9-10,14H2,1-4H3. The van der Waals surface area contributed by atoms with Crippen LogP contribution in [0, 0.1) is 0 Å². The molecule has 0 fully saturated rings. The normalized spacial score (nSPS) is 12.6. The van der Waals surface area contributed by atoms with Gasteiger partial charge in [-0.3, -0.25) is 0 Å². The largest absolute Gasteiger partial charge is 0.326 e. The lowest BCUT2D eigenvalue weighted by Gasteiger charge is -2.27. The number of hydrogen-bond donors (Lipinski definition) is 1. The van der Waals surface area contributed by atoms with Crippen molar-refractivity contribution in [2.24, 2.45) is 5.73 Å². The smallest absolute Gasteiger partial charge is 0.282 e. The van der Waals surface area contributed by atoms with Gasteiger partial charge in [-0.1, -0.05) is 24.3 Å². The van der Waals surface area contributed by atoms with Crippen LogP contribution in [0.1, 0.15) is 25.0 Å². The van der Waals surface area contributed by atoms with Crippen LogP contribution in [0.2, 0.25) is 0 Å². The highest BCUT2D eigenvalue weighted by Crippen LogP contribution is 2.13. The Bertz CT molecular complexity index is 514. The molecule has 0 saturated heterocycles. The van der Waals surface area contributed by atoms with E-state index < -0.39 is 10.2 Å². The summed E-state index contributed by atoms with van der Waals surface area (Å²) in [5.41, 5.74) is 7.52. The summed E-state index contributed by atoms with van der Waals surface area (Å²) in [4.78, 5) is 0. The number of rotatable bonds is 6.